The Hall–Kier alpha value is -2.80. The lowest BCUT2D eigenvalue weighted by Crippen LogP contribution is -2.34. The van der Waals surface area contributed by atoms with E-state index in [1.54, 1.807) is 6.20 Å². The van der Waals surface area contributed by atoms with E-state index in [2.05, 4.69) is 37.5 Å². The second-order valence-electron chi connectivity index (χ2n) is 7.16. The molecule has 0 bridgehead atoms. The minimum Gasteiger partial charge on any atom is -0.325 e. The summed E-state index contributed by atoms with van der Waals surface area (Å²) in [6, 6.07) is 7.87. The second kappa shape index (κ2) is 7.84. The van der Waals surface area contributed by atoms with E-state index in [0.717, 1.165) is 49.2 Å². The molecule has 3 aromatic rings. The maximum atomic E-state index is 4.73. The van der Waals surface area contributed by atoms with Crippen LogP contribution in [0.2, 0.25) is 0 Å². The molecule has 0 aromatic carbocycles. The maximum absolute atomic E-state index is 4.73. The minimum atomic E-state index is 0.418. The highest BCUT2D eigenvalue weighted by Crippen LogP contribution is 2.28. The van der Waals surface area contributed by atoms with E-state index < -0.39 is 0 Å². The van der Waals surface area contributed by atoms with Crippen LogP contribution in [0, 0.1) is 6.92 Å². The number of anilines is 2. The first-order valence-electron chi connectivity index (χ1n) is 9.39. The topological polar surface area (TPSA) is 71.8 Å². The van der Waals surface area contributed by atoms with Crippen LogP contribution in [0.3, 0.4) is 0 Å². The smallest absolute Gasteiger partial charge is 0.135 e. The van der Waals surface area contributed by atoms with E-state index in [0.29, 0.717) is 5.92 Å². The van der Waals surface area contributed by atoms with Crippen LogP contribution < -0.4 is 5.32 Å². The lowest BCUT2D eigenvalue weighted by atomic mass is 9.94. The molecule has 7 heteroatoms. The van der Waals surface area contributed by atoms with Crippen molar-refractivity contribution in [3.05, 3.63) is 59.9 Å². The summed E-state index contributed by atoms with van der Waals surface area (Å²) in [5, 5.41) is 7.57. The van der Waals surface area contributed by atoms with E-state index >= 15 is 0 Å². The summed E-state index contributed by atoms with van der Waals surface area (Å²) >= 11 is 0. The highest BCUT2D eigenvalue weighted by atomic mass is 15.2. The van der Waals surface area contributed by atoms with Crippen LogP contribution in [0.4, 0.5) is 11.6 Å². The first kappa shape index (κ1) is 17.6. The minimum absolute atomic E-state index is 0.418. The first-order valence-corrected chi connectivity index (χ1v) is 9.39. The molecule has 4 heterocycles. The van der Waals surface area contributed by atoms with E-state index in [1.807, 2.05) is 43.0 Å². The van der Waals surface area contributed by atoms with Crippen molar-refractivity contribution in [2.45, 2.75) is 32.2 Å². The lowest BCUT2D eigenvalue weighted by Gasteiger charge is -2.32. The number of pyridine rings is 1. The predicted molar refractivity (Wildman–Crippen MR) is 105 cm³/mol. The molecule has 140 valence electrons. The highest BCUT2D eigenvalue weighted by molar-refractivity contribution is 5.51. The molecule has 27 heavy (non-hydrogen) atoms. The molecule has 1 aliphatic rings. The average Bonchev–Trinajstić information content (AvgIpc) is 3.07. The standard InChI is InChI=1S/C20H25N7/c1-15-23-18(10-20(24-15)25-19-7-3-4-8-21-19)17-6-5-9-27(14-17)13-16-11-22-26(2)12-16/h3-4,7-8,10-12,17H,5-6,9,13-14H2,1-2H3,(H,21,23,24,25)/t17-/m0/s1. The van der Waals surface area contributed by atoms with E-state index in [4.69, 9.17) is 4.98 Å². The highest BCUT2D eigenvalue weighted by Gasteiger charge is 2.23. The normalized spacial score (nSPS) is 17.8. The Kier molecular flexibility index (Phi) is 5.11. The zero-order valence-electron chi connectivity index (χ0n) is 15.8. The molecule has 1 N–H and O–H groups in total. The quantitative estimate of drug-likeness (QED) is 0.751. The number of hydrogen-bond donors (Lipinski definition) is 1. The van der Waals surface area contributed by atoms with Crippen molar-refractivity contribution in [2.75, 3.05) is 18.4 Å². The third-order valence-corrected chi connectivity index (χ3v) is 4.87. The Balaban J connectivity index is 1.48. The van der Waals surface area contributed by atoms with Gasteiger partial charge in [-0.3, -0.25) is 9.58 Å². The van der Waals surface area contributed by atoms with Gasteiger partial charge in [0, 0.05) is 50.1 Å². The van der Waals surface area contributed by atoms with E-state index in [1.165, 1.54) is 12.0 Å². The number of aromatic nitrogens is 5. The van der Waals surface area contributed by atoms with Crippen LogP contribution in [-0.2, 0) is 13.6 Å². The Morgan fingerprint density at radius 2 is 2.15 bits per heavy atom. The third kappa shape index (κ3) is 4.49. The monoisotopic (exact) mass is 363 g/mol. The van der Waals surface area contributed by atoms with Gasteiger partial charge in [-0.1, -0.05) is 6.07 Å². The molecule has 0 unspecified atom stereocenters. The summed E-state index contributed by atoms with van der Waals surface area (Å²) < 4.78 is 1.86. The molecule has 0 saturated carbocycles. The third-order valence-electron chi connectivity index (χ3n) is 4.87. The molecule has 4 rings (SSSR count). The van der Waals surface area contributed by atoms with Crippen molar-refractivity contribution in [1.82, 2.24) is 29.6 Å². The number of piperidine rings is 1. The Morgan fingerprint density at radius 1 is 1.22 bits per heavy atom. The fourth-order valence-electron chi connectivity index (χ4n) is 3.68. The molecular weight excluding hydrogens is 338 g/mol. The molecule has 3 aromatic heterocycles. The molecule has 1 atom stereocenters. The molecule has 7 nitrogen and oxygen atoms in total. The molecule has 0 radical (unpaired) electrons. The van der Waals surface area contributed by atoms with Crippen molar-refractivity contribution >= 4 is 11.6 Å². The van der Waals surface area contributed by atoms with Gasteiger partial charge in [0.15, 0.2) is 0 Å². The van der Waals surface area contributed by atoms with Gasteiger partial charge in [-0.25, -0.2) is 15.0 Å². The SMILES string of the molecule is Cc1nc(Nc2ccccn2)cc([C@H]2CCCN(Cc3cnn(C)c3)C2)n1. The summed E-state index contributed by atoms with van der Waals surface area (Å²) in [7, 11) is 1.96. The zero-order valence-corrected chi connectivity index (χ0v) is 15.8. The van der Waals surface area contributed by atoms with Crippen molar-refractivity contribution < 1.29 is 0 Å². The first-order chi connectivity index (χ1) is 13.2. The fraction of sp³-hybridized carbons (Fsp3) is 0.400. The number of hydrogen-bond acceptors (Lipinski definition) is 6. The molecular formula is C20H25N7. The Morgan fingerprint density at radius 3 is 2.93 bits per heavy atom. The van der Waals surface area contributed by atoms with Crippen molar-refractivity contribution in [1.29, 1.82) is 0 Å². The van der Waals surface area contributed by atoms with Crippen molar-refractivity contribution in [3.8, 4) is 0 Å². The Bertz CT molecular complexity index is 890. The Labute approximate surface area is 159 Å². The fourth-order valence-corrected chi connectivity index (χ4v) is 3.68. The summed E-state index contributed by atoms with van der Waals surface area (Å²) in [5.41, 5.74) is 2.37. The van der Waals surface area contributed by atoms with Crippen LogP contribution in [0.1, 0.15) is 35.8 Å². The van der Waals surface area contributed by atoms with Gasteiger partial charge in [-0.2, -0.15) is 5.10 Å². The maximum Gasteiger partial charge on any atom is 0.135 e. The average molecular weight is 363 g/mol. The van der Waals surface area contributed by atoms with Crippen LogP contribution in [0.25, 0.3) is 0 Å². The number of nitrogens with zero attached hydrogens (tertiary/aromatic N) is 6. The molecule has 1 fully saturated rings. The molecule has 0 spiro atoms. The molecule has 1 saturated heterocycles. The van der Waals surface area contributed by atoms with Crippen LogP contribution in [0.5, 0.6) is 0 Å². The molecule has 0 amide bonds. The summed E-state index contributed by atoms with van der Waals surface area (Å²) in [5.74, 6) is 2.81. The lowest BCUT2D eigenvalue weighted by molar-refractivity contribution is 0.198. The summed E-state index contributed by atoms with van der Waals surface area (Å²) in [6.07, 6.45) is 8.15. The zero-order chi connectivity index (χ0) is 18.6. The van der Waals surface area contributed by atoms with E-state index in [-0.39, 0.29) is 0 Å². The summed E-state index contributed by atoms with van der Waals surface area (Å²) in [4.78, 5) is 16.1. The number of aryl methyl sites for hydroxylation is 2. The second-order valence-corrected chi connectivity index (χ2v) is 7.16. The van der Waals surface area contributed by atoms with Crippen LogP contribution >= 0.6 is 0 Å². The van der Waals surface area contributed by atoms with Gasteiger partial charge in [0.25, 0.3) is 0 Å². The van der Waals surface area contributed by atoms with Gasteiger partial charge < -0.3 is 5.32 Å². The van der Waals surface area contributed by atoms with Gasteiger partial charge in [0.1, 0.15) is 17.5 Å². The van der Waals surface area contributed by atoms with E-state index in [9.17, 15) is 0 Å². The van der Waals surface area contributed by atoms with Crippen LogP contribution in [-0.4, -0.2) is 42.7 Å². The van der Waals surface area contributed by atoms with Gasteiger partial charge in [0.05, 0.1) is 11.9 Å². The molecule has 1 aliphatic heterocycles. The number of nitrogens with one attached hydrogen (secondary N) is 1. The van der Waals surface area contributed by atoms with Crippen molar-refractivity contribution in [3.63, 3.8) is 0 Å². The summed E-state index contributed by atoms with van der Waals surface area (Å²) in [6.45, 7) is 5.01. The number of rotatable bonds is 5. The predicted octanol–water partition coefficient (Wildman–Crippen LogP) is 3.04. The van der Waals surface area contributed by atoms with Crippen molar-refractivity contribution in [2.24, 2.45) is 7.05 Å². The largest absolute Gasteiger partial charge is 0.325 e. The van der Waals surface area contributed by atoms with Gasteiger partial charge >= 0.3 is 0 Å². The van der Waals surface area contributed by atoms with Crippen LogP contribution in [0.15, 0.2) is 42.9 Å². The van der Waals surface area contributed by atoms with Gasteiger partial charge in [-0.05, 0) is 38.4 Å². The molecule has 0 aliphatic carbocycles. The number of likely N-dealkylation sites (tertiary alicyclic amines) is 1. The van der Waals surface area contributed by atoms with Gasteiger partial charge in [-0.15, -0.1) is 0 Å². The van der Waals surface area contributed by atoms with Gasteiger partial charge in [0.2, 0.25) is 0 Å².